The van der Waals surface area contributed by atoms with E-state index in [1.165, 1.54) is 4.90 Å². The Morgan fingerprint density at radius 3 is 1.95 bits per heavy atom. The van der Waals surface area contributed by atoms with Crippen molar-refractivity contribution in [2.24, 2.45) is 0 Å². The van der Waals surface area contributed by atoms with Gasteiger partial charge in [-0.05, 0) is 54.7 Å². The Hall–Kier alpha value is -3.65. The van der Waals surface area contributed by atoms with E-state index in [9.17, 15) is 9.59 Å². The van der Waals surface area contributed by atoms with Crippen molar-refractivity contribution in [2.75, 3.05) is 72.3 Å². The van der Waals surface area contributed by atoms with E-state index in [1.807, 2.05) is 48.5 Å². The summed E-state index contributed by atoms with van der Waals surface area (Å²) in [6.07, 6.45) is 2.21. The van der Waals surface area contributed by atoms with Crippen molar-refractivity contribution in [2.45, 2.75) is 25.4 Å². The molecule has 0 N–H and O–H groups in total. The summed E-state index contributed by atoms with van der Waals surface area (Å²) in [5.74, 6) is 0.794. The second-order valence-corrected chi connectivity index (χ2v) is 10.2. The molecule has 3 fully saturated rings. The highest BCUT2D eigenvalue weighted by molar-refractivity contribution is 5.94. The molecule has 3 aliphatic heterocycles. The third-order valence-electron chi connectivity index (χ3n) is 7.66. The molecule has 10 nitrogen and oxygen atoms in total. The molecule has 3 aliphatic rings. The highest BCUT2D eigenvalue weighted by Crippen LogP contribution is 2.26. The Labute approximate surface area is 235 Å². The first-order valence-electron chi connectivity index (χ1n) is 14.1. The number of amides is 4. The summed E-state index contributed by atoms with van der Waals surface area (Å²) in [5, 5.41) is 8.99. The molecule has 2 aromatic carbocycles. The Morgan fingerprint density at radius 1 is 0.850 bits per heavy atom. The maximum absolute atomic E-state index is 13.6. The second kappa shape index (κ2) is 13.6. The van der Waals surface area contributed by atoms with E-state index >= 15 is 0 Å². The molecule has 212 valence electrons. The number of nitriles is 1. The number of imide groups is 1. The Morgan fingerprint density at radius 2 is 1.40 bits per heavy atom. The summed E-state index contributed by atoms with van der Waals surface area (Å²) in [6, 6.07) is 17.1. The summed E-state index contributed by atoms with van der Waals surface area (Å²) in [7, 11) is 0. The van der Waals surface area contributed by atoms with Crippen molar-refractivity contribution >= 4 is 12.1 Å². The quantitative estimate of drug-likeness (QED) is 0.489. The zero-order chi connectivity index (χ0) is 27.7. The lowest BCUT2D eigenvalue weighted by molar-refractivity contribution is 0.0162. The number of nitrogens with zero attached hydrogens (tertiary/aromatic N) is 5. The number of ether oxygens (including phenoxy) is 3. The molecule has 40 heavy (non-hydrogen) atoms. The number of benzene rings is 2. The molecular formula is C30H37N5O5. The van der Waals surface area contributed by atoms with Gasteiger partial charge in [0.15, 0.2) is 0 Å². The molecular weight excluding hydrogens is 510 g/mol. The van der Waals surface area contributed by atoms with Gasteiger partial charge in [-0.25, -0.2) is 14.5 Å². The largest absolute Gasteiger partial charge is 0.494 e. The third-order valence-corrected chi connectivity index (χ3v) is 7.66. The smallest absolute Gasteiger partial charge is 0.329 e. The SMILES string of the molecule is N#Cc1ccc(-c2ccc(OCCCN3CCCC3N(C(=O)N3CCOCC3)C(=O)N3CCOCC3)cc2)cc1. The number of rotatable bonds is 7. The van der Waals surface area contributed by atoms with Crippen LogP contribution in [0.25, 0.3) is 11.1 Å². The lowest BCUT2D eigenvalue weighted by Crippen LogP contribution is -2.61. The van der Waals surface area contributed by atoms with Gasteiger partial charge >= 0.3 is 12.1 Å². The van der Waals surface area contributed by atoms with E-state index in [1.54, 1.807) is 9.80 Å². The molecule has 0 bridgehead atoms. The predicted octanol–water partition coefficient (Wildman–Crippen LogP) is 3.62. The lowest BCUT2D eigenvalue weighted by atomic mass is 10.0. The highest BCUT2D eigenvalue weighted by Gasteiger charge is 2.41. The van der Waals surface area contributed by atoms with E-state index in [0.29, 0.717) is 64.8 Å². The van der Waals surface area contributed by atoms with Crippen molar-refractivity contribution in [3.63, 3.8) is 0 Å². The van der Waals surface area contributed by atoms with Crippen LogP contribution in [0.5, 0.6) is 5.75 Å². The standard InChI is InChI=1S/C30H37N5O5/c31-23-24-4-6-25(7-5-24)26-8-10-27(11-9-26)40-18-2-13-32-12-1-3-28(32)35(29(36)33-14-19-38-20-15-33)30(37)34-16-21-39-22-17-34/h4-11,28H,1-3,12-22H2. The van der Waals surface area contributed by atoms with E-state index in [2.05, 4.69) is 11.0 Å². The van der Waals surface area contributed by atoms with Crippen molar-refractivity contribution < 1.29 is 23.8 Å². The Kier molecular flexibility index (Phi) is 9.50. The lowest BCUT2D eigenvalue weighted by Gasteiger charge is -2.41. The average Bonchev–Trinajstić information content (AvgIpc) is 3.48. The van der Waals surface area contributed by atoms with Gasteiger partial charge in [0, 0.05) is 39.3 Å². The van der Waals surface area contributed by atoms with Crippen LogP contribution >= 0.6 is 0 Å². The minimum Gasteiger partial charge on any atom is -0.494 e. The van der Waals surface area contributed by atoms with Crippen LogP contribution in [0.2, 0.25) is 0 Å². The molecule has 0 radical (unpaired) electrons. The number of carbonyl (C=O) groups is 2. The zero-order valence-electron chi connectivity index (χ0n) is 22.9. The zero-order valence-corrected chi connectivity index (χ0v) is 22.9. The first-order chi connectivity index (χ1) is 19.6. The highest BCUT2D eigenvalue weighted by atomic mass is 16.5. The van der Waals surface area contributed by atoms with Gasteiger partial charge in [0.05, 0.1) is 50.8 Å². The minimum atomic E-state index is -0.266. The average molecular weight is 548 g/mol. The van der Waals surface area contributed by atoms with Crippen molar-refractivity contribution in [1.82, 2.24) is 19.6 Å². The van der Waals surface area contributed by atoms with Gasteiger partial charge < -0.3 is 24.0 Å². The molecule has 0 aliphatic carbocycles. The van der Waals surface area contributed by atoms with E-state index in [0.717, 1.165) is 49.2 Å². The monoisotopic (exact) mass is 547 g/mol. The normalized spacial score (nSPS) is 19.7. The van der Waals surface area contributed by atoms with E-state index < -0.39 is 0 Å². The van der Waals surface area contributed by atoms with Gasteiger partial charge in [-0.1, -0.05) is 24.3 Å². The van der Waals surface area contributed by atoms with Crippen LogP contribution in [-0.4, -0.2) is 110 Å². The number of likely N-dealkylation sites (tertiary alicyclic amines) is 1. The molecule has 0 saturated carbocycles. The van der Waals surface area contributed by atoms with Gasteiger partial charge in [-0.15, -0.1) is 0 Å². The van der Waals surface area contributed by atoms with Crippen LogP contribution in [0.15, 0.2) is 48.5 Å². The number of hydrogen-bond acceptors (Lipinski definition) is 7. The molecule has 5 rings (SSSR count). The fourth-order valence-electron chi connectivity index (χ4n) is 5.45. The van der Waals surface area contributed by atoms with E-state index in [4.69, 9.17) is 19.5 Å². The Balaban J connectivity index is 1.17. The molecule has 3 heterocycles. The van der Waals surface area contributed by atoms with Gasteiger partial charge in [-0.2, -0.15) is 5.26 Å². The topological polar surface area (TPSA) is 98.6 Å². The van der Waals surface area contributed by atoms with Crippen LogP contribution in [0.1, 0.15) is 24.8 Å². The van der Waals surface area contributed by atoms with Crippen LogP contribution in [-0.2, 0) is 9.47 Å². The molecule has 0 spiro atoms. The summed E-state index contributed by atoms with van der Waals surface area (Å²) in [6.45, 7) is 6.06. The summed E-state index contributed by atoms with van der Waals surface area (Å²) < 4.78 is 16.9. The number of carbonyl (C=O) groups excluding carboxylic acids is 2. The van der Waals surface area contributed by atoms with Gasteiger partial charge in [0.1, 0.15) is 5.75 Å². The second-order valence-electron chi connectivity index (χ2n) is 10.2. The van der Waals surface area contributed by atoms with Gasteiger partial charge in [-0.3, -0.25) is 4.90 Å². The van der Waals surface area contributed by atoms with Crippen LogP contribution in [0.4, 0.5) is 9.59 Å². The molecule has 2 aromatic rings. The van der Waals surface area contributed by atoms with Crippen molar-refractivity contribution in [3.05, 3.63) is 54.1 Å². The van der Waals surface area contributed by atoms with Crippen LogP contribution < -0.4 is 4.74 Å². The number of urea groups is 2. The fraction of sp³-hybridized carbons (Fsp3) is 0.500. The van der Waals surface area contributed by atoms with Crippen LogP contribution in [0, 0.1) is 11.3 Å². The minimum absolute atomic E-state index is 0.227. The number of morpholine rings is 2. The van der Waals surface area contributed by atoms with Crippen molar-refractivity contribution in [1.29, 1.82) is 5.26 Å². The molecule has 3 saturated heterocycles. The molecule has 0 aromatic heterocycles. The van der Waals surface area contributed by atoms with Crippen molar-refractivity contribution in [3.8, 4) is 22.9 Å². The molecule has 10 heteroatoms. The maximum atomic E-state index is 13.6. The molecule has 4 amide bonds. The molecule has 1 unspecified atom stereocenters. The molecule has 1 atom stereocenters. The summed E-state index contributed by atoms with van der Waals surface area (Å²) in [5.41, 5.74) is 2.75. The summed E-state index contributed by atoms with van der Waals surface area (Å²) in [4.78, 5) is 34.5. The van der Waals surface area contributed by atoms with Gasteiger partial charge in [0.25, 0.3) is 0 Å². The fourth-order valence-corrected chi connectivity index (χ4v) is 5.45. The first kappa shape index (κ1) is 27.9. The van der Waals surface area contributed by atoms with E-state index in [-0.39, 0.29) is 18.2 Å². The van der Waals surface area contributed by atoms with Crippen LogP contribution in [0.3, 0.4) is 0 Å². The summed E-state index contributed by atoms with van der Waals surface area (Å²) >= 11 is 0. The number of hydrogen-bond donors (Lipinski definition) is 0. The third kappa shape index (κ3) is 6.73. The maximum Gasteiger partial charge on any atom is 0.329 e. The predicted molar refractivity (Wildman–Crippen MR) is 149 cm³/mol. The van der Waals surface area contributed by atoms with Gasteiger partial charge in [0.2, 0.25) is 0 Å². The Bertz CT molecular complexity index is 1140. The first-order valence-corrected chi connectivity index (χ1v) is 14.1.